The highest BCUT2D eigenvalue weighted by Gasteiger charge is 2.19. The molecule has 20 heavy (non-hydrogen) atoms. The average Bonchev–Trinajstić information content (AvgIpc) is 2.70. The van der Waals surface area contributed by atoms with Gasteiger partial charge in [0.15, 0.2) is 5.65 Å². The lowest BCUT2D eigenvalue weighted by atomic mass is 10.1. The molecule has 0 saturated carbocycles. The molecule has 2 aromatic rings. The Balaban J connectivity index is 2.31. The van der Waals surface area contributed by atoms with Gasteiger partial charge in [0.2, 0.25) is 0 Å². The summed E-state index contributed by atoms with van der Waals surface area (Å²) in [5.74, 6) is -1.50. The van der Waals surface area contributed by atoms with Gasteiger partial charge in [-0.2, -0.15) is 5.10 Å². The zero-order valence-electron chi connectivity index (χ0n) is 11.5. The molecule has 2 heterocycles. The van der Waals surface area contributed by atoms with Gasteiger partial charge in [-0.25, -0.2) is 9.78 Å². The highest BCUT2D eigenvalue weighted by Crippen LogP contribution is 2.16. The number of amides is 1. The van der Waals surface area contributed by atoms with E-state index in [0.717, 1.165) is 11.1 Å². The monoisotopic (exact) mass is 276 g/mol. The standard InChI is InChI=1S/C13H16N4O3/c1-4-10(13(19)20)15-12(18)8-5-9-7(2)16-17(3)11(9)14-6-8/h5-6,10H,4H2,1-3H3,(H,15,18)(H,19,20)/t10-/m0/s1. The number of pyridine rings is 1. The Morgan fingerprint density at radius 2 is 2.20 bits per heavy atom. The number of hydrogen-bond donors (Lipinski definition) is 2. The van der Waals surface area contributed by atoms with Crippen LogP contribution in [0.5, 0.6) is 0 Å². The highest BCUT2D eigenvalue weighted by atomic mass is 16.4. The van der Waals surface area contributed by atoms with Gasteiger partial charge in [0, 0.05) is 18.6 Å². The van der Waals surface area contributed by atoms with Crippen LogP contribution in [0.25, 0.3) is 11.0 Å². The zero-order chi connectivity index (χ0) is 14.9. The van der Waals surface area contributed by atoms with Crippen LogP contribution in [-0.4, -0.2) is 37.8 Å². The average molecular weight is 276 g/mol. The third kappa shape index (κ3) is 2.47. The quantitative estimate of drug-likeness (QED) is 0.863. The largest absolute Gasteiger partial charge is 0.480 e. The minimum absolute atomic E-state index is 0.322. The van der Waals surface area contributed by atoms with E-state index < -0.39 is 17.9 Å². The minimum Gasteiger partial charge on any atom is -0.480 e. The molecule has 0 aliphatic heterocycles. The van der Waals surface area contributed by atoms with Crippen molar-refractivity contribution in [3.8, 4) is 0 Å². The predicted octanol–water partition coefficient (Wildman–Crippen LogP) is 0.870. The number of nitrogens with zero attached hydrogens (tertiary/aromatic N) is 3. The second-order valence-electron chi connectivity index (χ2n) is 4.58. The lowest BCUT2D eigenvalue weighted by Gasteiger charge is -2.12. The fraction of sp³-hybridized carbons (Fsp3) is 0.385. The summed E-state index contributed by atoms with van der Waals surface area (Å²) in [4.78, 5) is 27.2. The van der Waals surface area contributed by atoms with Crippen molar-refractivity contribution in [2.45, 2.75) is 26.3 Å². The van der Waals surface area contributed by atoms with Crippen molar-refractivity contribution >= 4 is 22.9 Å². The first kappa shape index (κ1) is 14.0. The van der Waals surface area contributed by atoms with Gasteiger partial charge in [-0.05, 0) is 19.4 Å². The minimum atomic E-state index is -1.05. The van der Waals surface area contributed by atoms with Crippen LogP contribution in [-0.2, 0) is 11.8 Å². The number of carboxylic acid groups (broad SMARTS) is 1. The molecule has 1 atom stereocenters. The molecule has 0 aliphatic rings. The van der Waals surface area contributed by atoms with Gasteiger partial charge in [0.25, 0.3) is 5.91 Å². The van der Waals surface area contributed by atoms with Crippen molar-refractivity contribution in [1.29, 1.82) is 0 Å². The Labute approximate surface area is 115 Å². The smallest absolute Gasteiger partial charge is 0.326 e. The zero-order valence-corrected chi connectivity index (χ0v) is 11.5. The maximum atomic E-state index is 12.0. The number of hydrogen-bond acceptors (Lipinski definition) is 4. The van der Waals surface area contributed by atoms with Crippen molar-refractivity contribution < 1.29 is 14.7 Å². The number of nitrogens with one attached hydrogen (secondary N) is 1. The van der Waals surface area contributed by atoms with Crippen LogP contribution in [0.3, 0.4) is 0 Å². The molecule has 7 nitrogen and oxygen atoms in total. The topological polar surface area (TPSA) is 97.1 Å². The number of carbonyl (C=O) groups is 2. The van der Waals surface area contributed by atoms with Crippen LogP contribution in [0.1, 0.15) is 29.4 Å². The van der Waals surface area contributed by atoms with Gasteiger partial charge in [0.1, 0.15) is 6.04 Å². The fourth-order valence-corrected chi connectivity index (χ4v) is 2.01. The fourth-order valence-electron chi connectivity index (χ4n) is 2.01. The molecule has 0 saturated heterocycles. The van der Waals surface area contributed by atoms with Gasteiger partial charge >= 0.3 is 5.97 Å². The summed E-state index contributed by atoms with van der Waals surface area (Å²) in [7, 11) is 1.78. The van der Waals surface area contributed by atoms with E-state index in [2.05, 4.69) is 15.4 Å². The maximum absolute atomic E-state index is 12.0. The molecule has 2 rings (SSSR count). The number of fused-ring (bicyclic) bond motifs is 1. The number of aryl methyl sites for hydroxylation is 2. The Kier molecular flexibility index (Phi) is 3.69. The molecule has 0 spiro atoms. The van der Waals surface area contributed by atoms with Crippen LogP contribution in [0.15, 0.2) is 12.3 Å². The first-order valence-corrected chi connectivity index (χ1v) is 6.27. The van der Waals surface area contributed by atoms with Crippen molar-refractivity contribution in [1.82, 2.24) is 20.1 Å². The van der Waals surface area contributed by atoms with E-state index in [9.17, 15) is 9.59 Å². The summed E-state index contributed by atoms with van der Waals surface area (Å²) < 4.78 is 1.64. The lowest BCUT2D eigenvalue weighted by molar-refractivity contribution is -0.139. The van der Waals surface area contributed by atoms with E-state index in [1.807, 2.05) is 6.92 Å². The first-order valence-electron chi connectivity index (χ1n) is 6.27. The summed E-state index contributed by atoms with van der Waals surface area (Å²) in [6.07, 6.45) is 1.75. The molecule has 0 bridgehead atoms. The van der Waals surface area contributed by atoms with E-state index in [1.54, 1.807) is 24.7 Å². The summed E-state index contributed by atoms with van der Waals surface area (Å²) >= 11 is 0. The predicted molar refractivity (Wildman–Crippen MR) is 72.4 cm³/mol. The van der Waals surface area contributed by atoms with Gasteiger partial charge in [0.05, 0.1) is 11.3 Å². The highest BCUT2D eigenvalue weighted by molar-refractivity contribution is 5.99. The summed E-state index contributed by atoms with van der Waals surface area (Å²) in [6, 6.07) is 0.780. The van der Waals surface area contributed by atoms with E-state index in [-0.39, 0.29) is 0 Å². The molecule has 0 fully saturated rings. The van der Waals surface area contributed by atoms with Crippen LogP contribution in [0, 0.1) is 6.92 Å². The molecule has 106 valence electrons. The molecule has 7 heteroatoms. The first-order chi connectivity index (χ1) is 9.43. The number of carbonyl (C=O) groups excluding carboxylic acids is 1. The Bertz CT molecular complexity index is 678. The molecule has 2 N–H and O–H groups in total. The van der Waals surface area contributed by atoms with Crippen LogP contribution < -0.4 is 5.32 Å². The summed E-state index contributed by atoms with van der Waals surface area (Å²) in [5.41, 5.74) is 1.78. The Morgan fingerprint density at radius 3 is 2.80 bits per heavy atom. The number of aliphatic carboxylic acids is 1. The second kappa shape index (κ2) is 5.28. The lowest BCUT2D eigenvalue weighted by Crippen LogP contribution is -2.40. The van der Waals surface area contributed by atoms with E-state index in [1.165, 1.54) is 6.20 Å². The molecule has 0 unspecified atom stereocenters. The van der Waals surface area contributed by atoms with Crippen molar-refractivity contribution in [3.05, 3.63) is 23.5 Å². The van der Waals surface area contributed by atoms with E-state index >= 15 is 0 Å². The van der Waals surface area contributed by atoms with Crippen molar-refractivity contribution in [3.63, 3.8) is 0 Å². The van der Waals surface area contributed by atoms with Gasteiger partial charge < -0.3 is 10.4 Å². The van der Waals surface area contributed by atoms with Crippen molar-refractivity contribution in [2.24, 2.45) is 7.05 Å². The number of carboxylic acids is 1. The summed E-state index contributed by atoms with van der Waals surface area (Å²) in [5, 5.41) is 16.4. The molecule has 0 aliphatic carbocycles. The molecule has 0 radical (unpaired) electrons. The van der Waals surface area contributed by atoms with Crippen LogP contribution in [0.2, 0.25) is 0 Å². The van der Waals surface area contributed by atoms with Crippen LogP contribution in [0.4, 0.5) is 0 Å². The Morgan fingerprint density at radius 1 is 1.50 bits per heavy atom. The van der Waals surface area contributed by atoms with Crippen LogP contribution >= 0.6 is 0 Å². The normalized spacial score (nSPS) is 12.3. The number of aromatic nitrogens is 3. The molecule has 1 amide bonds. The van der Waals surface area contributed by atoms with Crippen molar-refractivity contribution in [2.75, 3.05) is 0 Å². The van der Waals surface area contributed by atoms with Gasteiger partial charge in [-0.3, -0.25) is 9.48 Å². The third-order valence-corrected chi connectivity index (χ3v) is 3.14. The van der Waals surface area contributed by atoms with E-state index in [4.69, 9.17) is 5.11 Å². The Hall–Kier alpha value is -2.44. The molecule has 2 aromatic heterocycles. The van der Waals surface area contributed by atoms with Gasteiger partial charge in [-0.1, -0.05) is 6.92 Å². The second-order valence-corrected chi connectivity index (χ2v) is 4.58. The maximum Gasteiger partial charge on any atom is 0.326 e. The number of rotatable bonds is 4. The van der Waals surface area contributed by atoms with E-state index in [0.29, 0.717) is 17.6 Å². The SMILES string of the molecule is CC[C@H](NC(=O)c1cnc2c(c1)c(C)nn2C)C(=O)O. The third-order valence-electron chi connectivity index (χ3n) is 3.14. The molecular weight excluding hydrogens is 260 g/mol. The molecule has 0 aromatic carbocycles. The van der Waals surface area contributed by atoms with Gasteiger partial charge in [-0.15, -0.1) is 0 Å². The molecular formula is C13H16N4O3. The summed E-state index contributed by atoms with van der Waals surface area (Å²) in [6.45, 7) is 3.53.